The number of nitrogens with one attached hydrogen (secondary N) is 2. The van der Waals surface area contributed by atoms with Crippen LogP contribution in [0.4, 0.5) is 9.18 Å². The number of carboxylic acids is 1. The van der Waals surface area contributed by atoms with Crippen LogP contribution in [0.2, 0.25) is 0 Å². The fourth-order valence-electron chi connectivity index (χ4n) is 4.52. The van der Waals surface area contributed by atoms with E-state index in [1.807, 2.05) is 48.5 Å². The van der Waals surface area contributed by atoms with Crippen molar-refractivity contribution in [3.05, 3.63) is 95.4 Å². The Morgan fingerprint density at radius 3 is 2.36 bits per heavy atom. The van der Waals surface area contributed by atoms with E-state index in [1.165, 1.54) is 12.1 Å². The number of fused-ring (bicyclic) bond motifs is 4. The normalized spacial score (nSPS) is 13.4. The Morgan fingerprint density at radius 1 is 1.03 bits per heavy atom. The number of alkyl carbamates (subject to hydrolysis) is 1. The van der Waals surface area contributed by atoms with E-state index in [1.54, 1.807) is 12.3 Å². The highest BCUT2D eigenvalue weighted by molar-refractivity contribution is 5.86. The number of hydrogen-bond acceptors (Lipinski definition) is 3. The quantitative estimate of drug-likeness (QED) is 0.397. The van der Waals surface area contributed by atoms with Gasteiger partial charge in [0, 0.05) is 29.4 Å². The summed E-state index contributed by atoms with van der Waals surface area (Å²) in [5.74, 6) is -1.74. The Kier molecular flexibility index (Phi) is 5.30. The van der Waals surface area contributed by atoms with Gasteiger partial charge in [-0.3, -0.25) is 0 Å². The molecule has 33 heavy (non-hydrogen) atoms. The molecule has 1 aliphatic carbocycles. The molecule has 4 aromatic rings. The standard InChI is InChI=1S/C26H21FN2O4/c27-16-9-10-23-21(12-16)15(13-28-23)11-24(25(30)31)29-26(32)33-14-22-19-7-3-1-5-17(19)18-6-2-4-8-20(18)22/h1-10,12-13,22,24,28H,11,14H2,(H,29,32)(H,30,31)/t24-/m1/s1. The lowest BCUT2D eigenvalue weighted by atomic mass is 9.98. The van der Waals surface area contributed by atoms with E-state index in [2.05, 4.69) is 10.3 Å². The fraction of sp³-hybridized carbons (Fsp3) is 0.154. The van der Waals surface area contributed by atoms with E-state index in [4.69, 9.17) is 4.74 Å². The van der Waals surface area contributed by atoms with Crippen molar-refractivity contribution in [3.8, 4) is 11.1 Å². The van der Waals surface area contributed by atoms with Crippen LogP contribution in [0.1, 0.15) is 22.6 Å². The van der Waals surface area contributed by atoms with Crippen LogP contribution in [0.5, 0.6) is 0 Å². The maximum atomic E-state index is 13.6. The Morgan fingerprint density at radius 2 is 1.70 bits per heavy atom. The number of aromatic amines is 1. The molecule has 0 saturated heterocycles. The molecular formula is C26H21FN2O4. The van der Waals surface area contributed by atoms with Gasteiger partial charge in [-0.05, 0) is 46.0 Å². The Hall–Kier alpha value is -4.13. The van der Waals surface area contributed by atoms with Crippen molar-refractivity contribution in [3.63, 3.8) is 0 Å². The van der Waals surface area contributed by atoms with E-state index in [0.29, 0.717) is 16.5 Å². The predicted octanol–water partition coefficient (Wildman–Crippen LogP) is 4.84. The summed E-state index contributed by atoms with van der Waals surface area (Å²) in [5, 5.41) is 12.7. The molecule has 3 N–H and O–H groups in total. The maximum absolute atomic E-state index is 13.6. The molecule has 7 heteroatoms. The molecule has 1 aromatic heterocycles. The van der Waals surface area contributed by atoms with Crippen LogP contribution in [0.25, 0.3) is 22.0 Å². The van der Waals surface area contributed by atoms with Crippen molar-refractivity contribution in [2.75, 3.05) is 6.61 Å². The maximum Gasteiger partial charge on any atom is 0.407 e. The van der Waals surface area contributed by atoms with Crippen molar-refractivity contribution >= 4 is 23.0 Å². The number of carbonyl (C=O) groups is 2. The van der Waals surface area contributed by atoms with Gasteiger partial charge in [0.1, 0.15) is 18.5 Å². The van der Waals surface area contributed by atoms with Gasteiger partial charge in [-0.1, -0.05) is 48.5 Å². The van der Waals surface area contributed by atoms with Gasteiger partial charge in [-0.2, -0.15) is 0 Å². The molecular weight excluding hydrogens is 423 g/mol. The first-order valence-corrected chi connectivity index (χ1v) is 10.6. The number of benzene rings is 3. The first-order valence-electron chi connectivity index (χ1n) is 10.6. The Balaban J connectivity index is 1.29. The van der Waals surface area contributed by atoms with E-state index >= 15 is 0 Å². The zero-order valence-corrected chi connectivity index (χ0v) is 17.5. The van der Waals surface area contributed by atoms with Gasteiger partial charge in [-0.25, -0.2) is 14.0 Å². The number of amides is 1. The summed E-state index contributed by atoms with van der Waals surface area (Å²) in [7, 11) is 0. The summed E-state index contributed by atoms with van der Waals surface area (Å²) in [5.41, 5.74) is 5.64. The lowest BCUT2D eigenvalue weighted by molar-refractivity contribution is -0.139. The van der Waals surface area contributed by atoms with Crippen molar-refractivity contribution in [2.24, 2.45) is 0 Å². The molecule has 1 heterocycles. The van der Waals surface area contributed by atoms with Gasteiger partial charge < -0.3 is 20.1 Å². The topological polar surface area (TPSA) is 91.4 Å². The molecule has 5 rings (SSSR count). The first-order chi connectivity index (χ1) is 16.0. The highest BCUT2D eigenvalue weighted by Gasteiger charge is 2.30. The lowest BCUT2D eigenvalue weighted by Gasteiger charge is -2.17. The molecule has 1 aliphatic rings. The predicted molar refractivity (Wildman–Crippen MR) is 122 cm³/mol. The van der Waals surface area contributed by atoms with Gasteiger partial charge in [0.25, 0.3) is 0 Å². The van der Waals surface area contributed by atoms with E-state index in [0.717, 1.165) is 22.3 Å². The number of ether oxygens (including phenoxy) is 1. The van der Waals surface area contributed by atoms with Crippen molar-refractivity contribution in [2.45, 2.75) is 18.4 Å². The summed E-state index contributed by atoms with van der Waals surface area (Å²) >= 11 is 0. The van der Waals surface area contributed by atoms with Crippen molar-refractivity contribution in [1.82, 2.24) is 10.3 Å². The number of halogens is 1. The number of aliphatic carboxylic acids is 1. The molecule has 1 atom stereocenters. The van der Waals surface area contributed by atoms with Crippen LogP contribution in [0.3, 0.4) is 0 Å². The first kappa shape index (κ1) is 20.8. The SMILES string of the molecule is O=C(N[C@H](Cc1c[nH]c2ccc(F)cc12)C(=O)O)OCC1c2ccccc2-c2ccccc21. The minimum atomic E-state index is -1.22. The molecule has 0 aliphatic heterocycles. The van der Waals surface area contributed by atoms with Gasteiger partial charge in [0.05, 0.1) is 0 Å². The third-order valence-electron chi connectivity index (χ3n) is 6.09. The van der Waals surface area contributed by atoms with Crippen LogP contribution in [-0.2, 0) is 16.0 Å². The Labute approximate surface area is 189 Å². The fourth-order valence-corrected chi connectivity index (χ4v) is 4.52. The van der Waals surface area contributed by atoms with Gasteiger partial charge in [0.2, 0.25) is 0 Å². The number of H-pyrrole nitrogens is 1. The third kappa shape index (κ3) is 3.93. The monoisotopic (exact) mass is 444 g/mol. The second-order valence-electron chi connectivity index (χ2n) is 8.07. The zero-order chi connectivity index (χ0) is 22.9. The second-order valence-corrected chi connectivity index (χ2v) is 8.07. The molecule has 0 radical (unpaired) electrons. The van der Waals surface area contributed by atoms with Crippen molar-refractivity contribution < 1.29 is 23.8 Å². The smallest absolute Gasteiger partial charge is 0.407 e. The molecule has 0 saturated carbocycles. The average molecular weight is 444 g/mol. The average Bonchev–Trinajstić information content (AvgIpc) is 3.35. The number of aromatic nitrogens is 1. The number of rotatable bonds is 6. The molecule has 166 valence electrons. The number of hydrogen-bond donors (Lipinski definition) is 3. The Bertz CT molecular complexity index is 1320. The van der Waals surface area contributed by atoms with Crippen LogP contribution in [0, 0.1) is 5.82 Å². The van der Waals surface area contributed by atoms with Crippen molar-refractivity contribution in [1.29, 1.82) is 0 Å². The lowest BCUT2D eigenvalue weighted by Crippen LogP contribution is -2.42. The van der Waals surface area contributed by atoms with E-state index < -0.39 is 23.9 Å². The molecule has 0 bridgehead atoms. The number of carbonyl (C=O) groups excluding carboxylic acids is 1. The van der Waals surface area contributed by atoms with Crippen LogP contribution in [0.15, 0.2) is 72.9 Å². The largest absolute Gasteiger partial charge is 0.480 e. The summed E-state index contributed by atoms with van der Waals surface area (Å²) in [6.07, 6.45) is 0.804. The minimum absolute atomic E-state index is 0.0109. The molecule has 6 nitrogen and oxygen atoms in total. The van der Waals surface area contributed by atoms with Crippen LogP contribution in [-0.4, -0.2) is 34.8 Å². The third-order valence-corrected chi connectivity index (χ3v) is 6.09. The van der Waals surface area contributed by atoms with Gasteiger partial charge in [0.15, 0.2) is 0 Å². The molecule has 0 spiro atoms. The summed E-state index contributed by atoms with van der Waals surface area (Å²) < 4.78 is 19.1. The molecule has 3 aromatic carbocycles. The van der Waals surface area contributed by atoms with E-state index in [-0.39, 0.29) is 18.9 Å². The highest BCUT2D eigenvalue weighted by atomic mass is 19.1. The van der Waals surface area contributed by atoms with Crippen LogP contribution >= 0.6 is 0 Å². The zero-order valence-electron chi connectivity index (χ0n) is 17.5. The van der Waals surface area contributed by atoms with Gasteiger partial charge in [-0.15, -0.1) is 0 Å². The summed E-state index contributed by atoms with van der Waals surface area (Å²) in [6, 6.07) is 19.0. The molecule has 0 unspecified atom stereocenters. The minimum Gasteiger partial charge on any atom is -0.480 e. The molecule has 1 amide bonds. The van der Waals surface area contributed by atoms with Crippen LogP contribution < -0.4 is 5.32 Å². The number of carboxylic acid groups (broad SMARTS) is 1. The second kappa shape index (κ2) is 8.43. The van der Waals surface area contributed by atoms with Gasteiger partial charge >= 0.3 is 12.1 Å². The summed E-state index contributed by atoms with van der Waals surface area (Å²) in [4.78, 5) is 27.3. The molecule has 0 fully saturated rings. The summed E-state index contributed by atoms with van der Waals surface area (Å²) in [6.45, 7) is 0.0878. The van der Waals surface area contributed by atoms with E-state index in [9.17, 15) is 19.1 Å². The highest BCUT2D eigenvalue weighted by Crippen LogP contribution is 2.44.